The van der Waals surface area contributed by atoms with Crippen LogP contribution in [0.5, 0.6) is 5.75 Å². The molecule has 160 valence electrons. The Balaban J connectivity index is 1.47. The van der Waals surface area contributed by atoms with E-state index in [4.69, 9.17) is 13.9 Å². The van der Waals surface area contributed by atoms with Gasteiger partial charge in [-0.15, -0.1) is 0 Å². The van der Waals surface area contributed by atoms with Crippen LogP contribution in [0.1, 0.15) is 63.4 Å². The molecule has 2 heterocycles. The number of halogens is 2. The van der Waals surface area contributed by atoms with Crippen molar-refractivity contribution in [1.82, 2.24) is 0 Å². The minimum atomic E-state index is -0.573. The molecule has 1 saturated carbocycles. The number of ether oxygens (including phenoxy) is 2. The van der Waals surface area contributed by atoms with Crippen LogP contribution in [0, 0.1) is 17.6 Å². The van der Waals surface area contributed by atoms with Gasteiger partial charge in [-0.2, -0.15) is 4.39 Å². The highest BCUT2D eigenvalue weighted by Gasteiger charge is 2.27. The van der Waals surface area contributed by atoms with Gasteiger partial charge >= 0.3 is 0 Å². The molecule has 2 aliphatic rings. The number of hydrogen-bond donors (Lipinski definition) is 0. The molecular weight excluding hydrogens is 386 g/mol. The fourth-order valence-corrected chi connectivity index (χ4v) is 5.20. The molecule has 5 heteroatoms. The Labute approximate surface area is 175 Å². The second-order valence-corrected chi connectivity index (χ2v) is 8.81. The maximum absolute atomic E-state index is 15.4. The molecule has 0 radical (unpaired) electrons. The molecule has 1 aromatic heterocycles. The largest absolute Gasteiger partial charge is 0.485 e. The molecule has 1 unspecified atom stereocenters. The first-order valence-corrected chi connectivity index (χ1v) is 11.2. The second kappa shape index (κ2) is 8.18. The highest BCUT2D eigenvalue weighted by atomic mass is 19.1. The van der Waals surface area contributed by atoms with Gasteiger partial charge in [-0.05, 0) is 61.3 Å². The van der Waals surface area contributed by atoms with Crippen LogP contribution in [0.15, 0.2) is 28.7 Å². The zero-order valence-electron chi connectivity index (χ0n) is 17.4. The van der Waals surface area contributed by atoms with Gasteiger partial charge in [0.25, 0.3) is 0 Å². The molecule has 0 N–H and O–H groups in total. The van der Waals surface area contributed by atoms with Crippen LogP contribution in [0.3, 0.4) is 0 Å². The lowest BCUT2D eigenvalue weighted by Crippen LogP contribution is -2.16. The molecule has 0 spiro atoms. The SMILES string of the molecule is CCCC1CCC(c2ccc3c(oc4c(F)c(OC5CCOC5)ccc43)c2F)CC1. The summed E-state index contributed by atoms with van der Waals surface area (Å²) in [6, 6.07) is 7.11. The third-order valence-electron chi connectivity index (χ3n) is 6.85. The summed E-state index contributed by atoms with van der Waals surface area (Å²) in [5.74, 6) is 0.195. The number of furan rings is 1. The summed E-state index contributed by atoms with van der Waals surface area (Å²) in [6.45, 7) is 3.29. The lowest BCUT2D eigenvalue weighted by Gasteiger charge is -2.28. The van der Waals surface area contributed by atoms with Crippen LogP contribution >= 0.6 is 0 Å². The van der Waals surface area contributed by atoms with E-state index < -0.39 is 5.82 Å². The lowest BCUT2D eigenvalue weighted by molar-refractivity contribution is 0.138. The van der Waals surface area contributed by atoms with E-state index in [2.05, 4.69) is 6.92 Å². The molecule has 0 amide bonds. The Morgan fingerprint density at radius 1 is 0.933 bits per heavy atom. The molecule has 3 aromatic rings. The van der Waals surface area contributed by atoms with E-state index in [0.717, 1.165) is 38.0 Å². The van der Waals surface area contributed by atoms with Gasteiger partial charge < -0.3 is 13.9 Å². The smallest absolute Gasteiger partial charge is 0.208 e. The summed E-state index contributed by atoms with van der Waals surface area (Å²) in [7, 11) is 0. The molecule has 2 fully saturated rings. The van der Waals surface area contributed by atoms with Crippen LogP contribution < -0.4 is 4.74 Å². The molecule has 1 aliphatic heterocycles. The minimum Gasteiger partial charge on any atom is -0.485 e. The third kappa shape index (κ3) is 3.47. The van der Waals surface area contributed by atoms with Crippen molar-refractivity contribution in [3.05, 3.63) is 41.5 Å². The molecule has 1 atom stereocenters. The number of benzene rings is 2. The van der Waals surface area contributed by atoms with Crippen LogP contribution in [-0.2, 0) is 4.74 Å². The van der Waals surface area contributed by atoms with Crippen molar-refractivity contribution in [3.63, 3.8) is 0 Å². The van der Waals surface area contributed by atoms with Gasteiger partial charge in [-0.3, -0.25) is 0 Å². The Kier molecular flexibility index (Phi) is 5.40. The van der Waals surface area contributed by atoms with E-state index in [0.29, 0.717) is 29.5 Å². The van der Waals surface area contributed by atoms with Crippen molar-refractivity contribution in [3.8, 4) is 5.75 Å². The standard InChI is InChI=1S/C25H28F2O3/c1-2-3-15-4-6-16(7-5-15)18-8-9-19-20-10-11-21(29-17-12-13-28-14-17)23(27)25(20)30-24(19)22(18)26/h8-11,15-17H,2-7,12-14H2,1H3. The van der Waals surface area contributed by atoms with Gasteiger partial charge in [0, 0.05) is 17.2 Å². The van der Waals surface area contributed by atoms with Crippen LogP contribution in [-0.4, -0.2) is 19.3 Å². The number of hydrogen-bond acceptors (Lipinski definition) is 3. The van der Waals surface area contributed by atoms with Crippen LogP contribution in [0.25, 0.3) is 21.9 Å². The maximum atomic E-state index is 15.4. The van der Waals surface area contributed by atoms with Crippen molar-refractivity contribution < 1.29 is 22.7 Å². The van der Waals surface area contributed by atoms with Gasteiger partial charge in [-0.1, -0.05) is 25.8 Å². The van der Waals surface area contributed by atoms with E-state index in [9.17, 15) is 0 Å². The predicted molar refractivity (Wildman–Crippen MR) is 113 cm³/mol. The fourth-order valence-electron chi connectivity index (χ4n) is 5.20. The van der Waals surface area contributed by atoms with Crippen molar-refractivity contribution in [2.75, 3.05) is 13.2 Å². The average molecular weight is 414 g/mol. The summed E-state index contributed by atoms with van der Waals surface area (Å²) in [5, 5.41) is 1.19. The maximum Gasteiger partial charge on any atom is 0.208 e. The van der Waals surface area contributed by atoms with Gasteiger partial charge in [0.05, 0.1) is 13.2 Å². The lowest BCUT2D eigenvalue weighted by atomic mass is 9.77. The van der Waals surface area contributed by atoms with Gasteiger partial charge in [0.15, 0.2) is 22.7 Å². The fraction of sp³-hybridized carbons (Fsp3) is 0.520. The van der Waals surface area contributed by atoms with E-state index in [1.165, 1.54) is 12.8 Å². The highest BCUT2D eigenvalue weighted by Crippen LogP contribution is 2.42. The Morgan fingerprint density at radius 2 is 1.67 bits per heavy atom. The molecule has 5 rings (SSSR count). The minimum absolute atomic E-state index is 0.0594. The summed E-state index contributed by atoms with van der Waals surface area (Å²) in [6.07, 6.45) is 7.34. The monoisotopic (exact) mass is 414 g/mol. The van der Waals surface area contributed by atoms with Crippen molar-refractivity contribution in [2.45, 2.75) is 63.9 Å². The topological polar surface area (TPSA) is 31.6 Å². The van der Waals surface area contributed by atoms with Crippen LogP contribution in [0.2, 0.25) is 0 Å². The average Bonchev–Trinajstić information content (AvgIpc) is 3.40. The summed E-state index contributed by atoms with van der Waals surface area (Å²) >= 11 is 0. The zero-order valence-corrected chi connectivity index (χ0v) is 17.4. The van der Waals surface area contributed by atoms with Gasteiger partial charge in [0.1, 0.15) is 6.10 Å². The predicted octanol–water partition coefficient (Wildman–Crippen LogP) is 7.11. The first-order valence-electron chi connectivity index (χ1n) is 11.2. The third-order valence-corrected chi connectivity index (χ3v) is 6.85. The molecule has 0 bridgehead atoms. The number of fused-ring (bicyclic) bond motifs is 3. The van der Waals surface area contributed by atoms with Gasteiger partial charge in [0.2, 0.25) is 5.82 Å². The number of rotatable bonds is 5. The van der Waals surface area contributed by atoms with E-state index >= 15 is 8.78 Å². The quantitative estimate of drug-likeness (QED) is 0.446. The Bertz CT molecular complexity index is 1040. The Hall–Kier alpha value is -2.14. The molecule has 3 nitrogen and oxygen atoms in total. The van der Waals surface area contributed by atoms with E-state index in [1.54, 1.807) is 12.1 Å². The second-order valence-electron chi connectivity index (χ2n) is 8.81. The summed E-state index contributed by atoms with van der Waals surface area (Å²) in [4.78, 5) is 0. The molecule has 1 saturated heterocycles. The van der Waals surface area contributed by atoms with Crippen LogP contribution in [0.4, 0.5) is 8.78 Å². The Morgan fingerprint density at radius 3 is 2.37 bits per heavy atom. The molecule has 2 aromatic carbocycles. The molecular formula is C25H28F2O3. The summed E-state index contributed by atoms with van der Waals surface area (Å²) in [5.41, 5.74) is 0.916. The first kappa shape index (κ1) is 19.8. The van der Waals surface area contributed by atoms with Gasteiger partial charge in [-0.25, -0.2) is 4.39 Å². The zero-order chi connectivity index (χ0) is 20.7. The normalized spacial score (nSPS) is 24.7. The highest BCUT2D eigenvalue weighted by molar-refractivity contribution is 6.05. The first-order chi connectivity index (χ1) is 14.7. The molecule has 1 aliphatic carbocycles. The van der Waals surface area contributed by atoms with Crippen molar-refractivity contribution in [2.24, 2.45) is 5.92 Å². The van der Waals surface area contributed by atoms with E-state index in [1.807, 2.05) is 12.1 Å². The van der Waals surface area contributed by atoms with E-state index in [-0.39, 0.29) is 34.8 Å². The molecule has 30 heavy (non-hydrogen) atoms. The van der Waals surface area contributed by atoms with Crippen molar-refractivity contribution in [1.29, 1.82) is 0 Å². The summed E-state index contributed by atoms with van der Waals surface area (Å²) < 4.78 is 47.3. The van der Waals surface area contributed by atoms with Crippen molar-refractivity contribution >= 4 is 21.9 Å².